The van der Waals surface area contributed by atoms with Crippen molar-refractivity contribution in [1.82, 2.24) is 0 Å². The standard InChI is InChI=1S/C22H27NO/c1-21-5-3-11(24)7-17(21)12-8-14(12)19-16(21)4-6-22(2)18(10-23)13-9-15(13)20(19)22/h7,12-16,18-20H,3-6,8-9H2,1-2H3/t12-,13-,14+,15?,16?,18-,19?,20?,21+,22+/m0/s1. The summed E-state index contributed by atoms with van der Waals surface area (Å²) in [5.41, 5.74) is 2.11. The zero-order valence-corrected chi connectivity index (χ0v) is 14.8. The van der Waals surface area contributed by atoms with Gasteiger partial charge in [0.25, 0.3) is 0 Å². The highest BCUT2D eigenvalue weighted by Crippen LogP contribution is 2.79. The number of carbonyl (C=O) groups excluding carboxylic acids is 1. The molecule has 0 bridgehead atoms. The molecule has 5 saturated carbocycles. The number of carbonyl (C=O) groups is 1. The normalized spacial score (nSPS) is 62.2. The van der Waals surface area contributed by atoms with Gasteiger partial charge in [-0.25, -0.2) is 0 Å². The van der Waals surface area contributed by atoms with Gasteiger partial charge in [-0.3, -0.25) is 4.79 Å². The van der Waals surface area contributed by atoms with Gasteiger partial charge in [-0.15, -0.1) is 0 Å². The van der Waals surface area contributed by atoms with Crippen LogP contribution in [0.2, 0.25) is 0 Å². The molecule has 0 amide bonds. The van der Waals surface area contributed by atoms with Crippen molar-refractivity contribution >= 4 is 5.78 Å². The highest BCUT2D eigenvalue weighted by Gasteiger charge is 2.74. The van der Waals surface area contributed by atoms with E-state index in [0.29, 0.717) is 23.0 Å². The van der Waals surface area contributed by atoms with Crippen LogP contribution in [0, 0.1) is 69.5 Å². The summed E-state index contributed by atoms with van der Waals surface area (Å²) in [7, 11) is 0. The van der Waals surface area contributed by atoms with Crippen LogP contribution in [0.4, 0.5) is 0 Å². The molecule has 0 radical (unpaired) electrons. The van der Waals surface area contributed by atoms with Crippen molar-refractivity contribution in [3.63, 3.8) is 0 Å². The van der Waals surface area contributed by atoms with Gasteiger partial charge in [-0.1, -0.05) is 19.4 Å². The molecule has 2 nitrogen and oxygen atoms in total. The fraction of sp³-hybridized carbons (Fsp3) is 0.818. The lowest BCUT2D eigenvalue weighted by atomic mass is 9.46. The average molecular weight is 321 g/mol. The van der Waals surface area contributed by atoms with Crippen molar-refractivity contribution in [1.29, 1.82) is 5.26 Å². The lowest BCUT2D eigenvalue weighted by Gasteiger charge is -2.58. The number of allylic oxidation sites excluding steroid dienone is 1. The first-order valence-corrected chi connectivity index (χ1v) is 10.1. The van der Waals surface area contributed by atoms with Crippen LogP contribution in [-0.4, -0.2) is 5.78 Å². The van der Waals surface area contributed by atoms with Crippen LogP contribution >= 0.6 is 0 Å². The fourth-order valence-electron chi connectivity index (χ4n) is 8.59. The summed E-state index contributed by atoms with van der Waals surface area (Å²) in [5.74, 6) is 6.24. The van der Waals surface area contributed by atoms with E-state index >= 15 is 0 Å². The minimum Gasteiger partial charge on any atom is -0.295 e. The second-order valence-electron chi connectivity index (χ2n) is 10.4. The summed E-state index contributed by atoms with van der Waals surface area (Å²) in [4.78, 5) is 12.0. The van der Waals surface area contributed by atoms with Crippen LogP contribution in [0.5, 0.6) is 0 Å². The second kappa shape index (κ2) is 4.00. The summed E-state index contributed by atoms with van der Waals surface area (Å²) in [5, 5.41) is 9.81. The van der Waals surface area contributed by atoms with Crippen LogP contribution in [0.15, 0.2) is 11.6 Å². The lowest BCUT2D eigenvalue weighted by molar-refractivity contribution is -0.118. The van der Waals surface area contributed by atoms with Gasteiger partial charge < -0.3 is 0 Å². The third-order valence-corrected chi connectivity index (χ3v) is 9.68. The maximum Gasteiger partial charge on any atom is 0.155 e. The van der Waals surface area contributed by atoms with E-state index in [9.17, 15) is 10.1 Å². The second-order valence-corrected chi connectivity index (χ2v) is 10.4. The van der Waals surface area contributed by atoms with E-state index in [1.807, 2.05) is 0 Å². The number of hydrogen-bond acceptors (Lipinski definition) is 2. The minimum atomic E-state index is 0.284. The van der Waals surface area contributed by atoms with E-state index in [0.717, 1.165) is 48.3 Å². The van der Waals surface area contributed by atoms with Crippen molar-refractivity contribution in [3.05, 3.63) is 11.6 Å². The molecule has 6 aliphatic carbocycles. The van der Waals surface area contributed by atoms with Gasteiger partial charge in [0.2, 0.25) is 0 Å². The van der Waals surface area contributed by atoms with Gasteiger partial charge in [-0.05, 0) is 90.4 Å². The average Bonchev–Trinajstić information content (AvgIpc) is 3.44. The Morgan fingerprint density at radius 1 is 1.17 bits per heavy atom. The van der Waals surface area contributed by atoms with Crippen molar-refractivity contribution in [2.75, 3.05) is 0 Å². The van der Waals surface area contributed by atoms with E-state index in [2.05, 4.69) is 26.0 Å². The first kappa shape index (κ1) is 14.1. The highest BCUT2D eigenvalue weighted by atomic mass is 16.1. The molecule has 4 unspecified atom stereocenters. The van der Waals surface area contributed by atoms with Gasteiger partial charge in [0.05, 0.1) is 12.0 Å². The number of rotatable bonds is 0. The molecule has 0 aromatic heterocycles. The van der Waals surface area contributed by atoms with Crippen LogP contribution in [0.3, 0.4) is 0 Å². The molecule has 0 aromatic rings. The quantitative estimate of drug-likeness (QED) is 0.665. The third-order valence-electron chi connectivity index (χ3n) is 9.68. The van der Waals surface area contributed by atoms with Crippen LogP contribution in [0.1, 0.15) is 52.4 Å². The molecule has 0 heterocycles. The van der Waals surface area contributed by atoms with Gasteiger partial charge in [0.1, 0.15) is 0 Å². The number of hydrogen-bond donors (Lipinski definition) is 0. The monoisotopic (exact) mass is 321 g/mol. The van der Waals surface area contributed by atoms with E-state index in [4.69, 9.17) is 0 Å². The predicted octanol–water partition coefficient (Wildman–Crippen LogP) is 4.37. The van der Waals surface area contributed by atoms with Crippen molar-refractivity contribution < 1.29 is 4.79 Å². The molecular weight excluding hydrogens is 294 g/mol. The first-order chi connectivity index (χ1) is 11.5. The molecule has 0 aliphatic heterocycles. The van der Waals surface area contributed by atoms with E-state index in [1.165, 1.54) is 31.3 Å². The van der Waals surface area contributed by atoms with Crippen molar-refractivity contribution in [2.24, 2.45) is 58.2 Å². The molecule has 10 atom stereocenters. The maximum absolute atomic E-state index is 12.0. The largest absolute Gasteiger partial charge is 0.295 e. The summed E-state index contributed by atoms with van der Waals surface area (Å²) in [6, 6.07) is 2.73. The molecular formula is C22H27NO. The summed E-state index contributed by atoms with van der Waals surface area (Å²) in [6.45, 7) is 4.95. The Hall–Kier alpha value is -1.10. The summed E-state index contributed by atoms with van der Waals surface area (Å²) >= 11 is 0. The van der Waals surface area contributed by atoms with Gasteiger partial charge in [-0.2, -0.15) is 5.26 Å². The van der Waals surface area contributed by atoms with Crippen LogP contribution in [-0.2, 0) is 4.79 Å². The molecule has 6 rings (SSSR count). The zero-order chi connectivity index (χ0) is 16.4. The zero-order valence-electron chi connectivity index (χ0n) is 14.8. The Bertz CT molecular complexity index is 731. The fourth-order valence-corrected chi connectivity index (χ4v) is 8.59. The maximum atomic E-state index is 12.0. The Morgan fingerprint density at radius 2 is 2.00 bits per heavy atom. The summed E-state index contributed by atoms with van der Waals surface area (Å²) in [6.07, 6.45) is 9.11. The number of fused-ring (bicyclic) bond motifs is 10. The van der Waals surface area contributed by atoms with Crippen LogP contribution < -0.4 is 0 Å². The first-order valence-electron chi connectivity index (χ1n) is 10.1. The van der Waals surface area contributed by atoms with Crippen molar-refractivity contribution in [3.8, 4) is 6.07 Å². The highest BCUT2D eigenvalue weighted by molar-refractivity contribution is 5.92. The number of ketones is 1. The molecule has 5 fully saturated rings. The van der Waals surface area contributed by atoms with Gasteiger partial charge in [0.15, 0.2) is 5.78 Å². The molecule has 6 aliphatic rings. The molecule has 0 spiro atoms. The van der Waals surface area contributed by atoms with Gasteiger partial charge in [0, 0.05) is 6.42 Å². The Labute approximate surface area is 144 Å². The third kappa shape index (κ3) is 1.40. The number of nitrogens with zero attached hydrogens (tertiary/aromatic N) is 1. The lowest BCUT2D eigenvalue weighted by Crippen LogP contribution is -2.52. The molecule has 24 heavy (non-hydrogen) atoms. The summed E-state index contributed by atoms with van der Waals surface area (Å²) < 4.78 is 0. The molecule has 0 N–H and O–H groups in total. The molecule has 126 valence electrons. The smallest absolute Gasteiger partial charge is 0.155 e. The number of nitriles is 1. The molecule has 0 saturated heterocycles. The van der Waals surface area contributed by atoms with Crippen LogP contribution in [0.25, 0.3) is 0 Å². The minimum absolute atomic E-state index is 0.284. The molecule has 2 heteroatoms. The van der Waals surface area contributed by atoms with Gasteiger partial charge >= 0.3 is 0 Å². The Kier molecular flexibility index (Phi) is 2.35. The Balaban J connectivity index is 1.45. The Morgan fingerprint density at radius 3 is 2.79 bits per heavy atom. The topological polar surface area (TPSA) is 40.9 Å². The molecule has 0 aromatic carbocycles. The van der Waals surface area contributed by atoms with E-state index in [1.54, 1.807) is 0 Å². The van der Waals surface area contributed by atoms with E-state index in [-0.39, 0.29) is 5.41 Å². The van der Waals surface area contributed by atoms with Crippen molar-refractivity contribution in [2.45, 2.75) is 52.4 Å². The SMILES string of the molecule is C[C@]12CCC(=O)C=C1[C@H]1C[C@H]1C1C2CC[C@@]2(C)C1C1C[C@@H]1[C@@H]2C#N. The van der Waals surface area contributed by atoms with E-state index < -0.39 is 0 Å². The predicted molar refractivity (Wildman–Crippen MR) is 90.5 cm³/mol.